The predicted molar refractivity (Wildman–Crippen MR) is 46.8 cm³/mol. The van der Waals surface area contributed by atoms with E-state index in [0.29, 0.717) is 5.69 Å². The van der Waals surface area contributed by atoms with Crippen molar-refractivity contribution in [2.24, 2.45) is 0 Å². The Hall–Kier alpha value is -0.202. The smallest absolute Gasteiger partial charge is 0.392 e. The van der Waals surface area contributed by atoms with E-state index in [9.17, 15) is 0 Å². The Morgan fingerprint density at radius 1 is 1.50 bits per heavy atom. The van der Waals surface area contributed by atoms with Gasteiger partial charge in [0.05, 0.1) is 6.61 Å². The van der Waals surface area contributed by atoms with Crippen LogP contribution in [0.5, 0.6) is 0 Å². The summed E-state index contributed by atoms with van der Waals surface area (Å²) in [6.07, 6.45) is 1.53. The maximum Gasteiger partial charge on any atom is 2.00 e. The van der Waals surface area contributed by atoms with E-state index in [1.807, 2.05) is 13.8 Å². The zero-order valence-corrected chi connectivity index (χ0v) is 10.7. The monoisotopic (exact) mass is 337 g/mol. The van der Waals surface area contributed by atoms with Crippen molar-refractivity contribution in [2.75, 3.05) is 0 Å². The summed E-state index contributed by atoms with van der Waals surface area (Å²) >= 11 is 0. The van der Waals surface area contributed by atoms with E-state index in [2.05, 4.69) is 11.1 Å². The Morgan fingerprint density at radius 3 is 2.33 bits per heavy atom. The molecule has 0 saturated carbocycles. The van der Waals surface area contributed by atoms with Crippen molar-refractivity contribution in [2.45, 2.75) is 20.5 Å². The third kappa shape index (κ3) is 7.90. The zero-order valence-electron chi connectivity index (χ0n) is 7.74. The fourth-order valence-electron chi connectivity index (χ4n) is 0.444. The molecule has 0 aliphatic rings. The first-order valence-electron chi connectivity index (χ1n) is 3.35. The summed E-state index contributed by atoms with van der Waals surface area (Å²) in [5, 5.41) is 8.46. The van der Waals surface area contributed by atoms with Gasteiger partial charge in [-0.25, -0.2) is 12.1 Å². The summed E-state index contributed by atoms with van der Waals surface area (Å²) < 4.78 is 0. The second-order valence-electron chi connectivity index (χ2n) is 1.41. The molecule has 12 heavy (non-hydrogen) atoms. The van der Waals surface area contributed by atoms with Crippen molar-refractivity contribution in [1.82, 2.24) is 4.98 Å². The van der Waals surface area contributed by atoms with Crippen LogP contribution in [0.2, 0.25) is 0 Å². The number of aliphatic hydroxyl groups is 1. The first kappa shape index (κ1) is 17.8. The molecule has 0 aromatic carbocycles. The summed E-state index contributed by atoms with van der Waals surface area (Å²) in [4.78, 5) is 3.79. The van der Waals surface area contributed by atoms with Crippen LogP contribution in [-0.2, 0) is 27.7 Å². The van der Waals surface area contributed by atoms with Gasteiger partial charge in [0.2, 0.25) is 0 Å². The van der Waals surface area contributed by atoms with E-state index in [-0.39, 0.29) is 35.1 Å². The van der Waals surface area contributed by atoms with E-state index in [1.165, 1.54) is 6.20 Å². The largest absolute Gasteiger partial charge is 2.00 e. The van der Waals surface area contributed by atoms with E-state index in [1.54, 1.807) is 12.1 Å². The van der Waals surface area contributed by atoms with Crippen molar-refractivity contribution in [1.29, 1.82) is 0 Å². The minimum absolute atomic E-state index is 0. The van der Waals surface area contributed by atoms with Gasteiger partial charge >= 0.3 is 21.1 Å². The molecule has 0 saturated heterocycles. The van der Waals surface area contributed by atoms with Crippen LogP contribution in [0.1, 0.15) is 19.5 Å². The Labute approximate surface area is 89.3 Å². The molecular weight excluding hydrogens is 322 g/mol. The summed E-state index contributed by atoms with van der Waals surface area (Å²) in [5.74, 6) is 0. The van der Waals surface area contributed by atoms with E-state index >= 15 is 0 Å². The van der Waals surface area contributed by atoms with Crippen molar-refractivity contribution >= 4 is 0 Å². The molecule has 0 atom stereocenters. The average molecular weight is 337 g/mol. The molecule has 0 fully saturated rings. The van der Waals surface area contributed by atoms with Crippen molar-refractivity contribution in [3.8, 4) is 0 Å². The van der Waals surface area contributed by atoms with Gasteiger partial charge in [-0.3, -0.25) is 4.98 Å². The third-order valence-corrected chi connectivity index (χ3v) is 0.839. The number of hydrogen-bond donors (Lipinski definition) is 1. The summed E-state index contributed by atoms with van der Waals surface area (Å²) in [6, 6.07) is 6.19. The van der Waals surface area contributed by atoms with Crippen LogP contribution in [0.25, 0.3) is 0 Å². The van der Waals surface area contributed by atoms with Crippen LogP contribution < -0.4 is 0 Å². The first-order valence-corrected chi connectivity index (χ1v) is 3.35. The van der Waals surface area contributed by atoms with Crippen LogP contribution in [0, 0.1) is 13.5 Å². The van der Waals surface area contributed by atoms with Gasteiger partial charge in [-0.05, 0) is 5.69 Å². The molecular formula is C9H15NOW. The SMILES string of the molecule is CC.OCc1cc[c-]cn1.[CH3-].[W+2]. The van der Waals surface area contributed by atoms with Gasteiger partial charge in [-0.15, -0.1) is 0 Å². The average Bonchev–Trinajstić information content (AvgIpc) is 2.10. The zero-order chi connectivity index (χ0) is 7.82. The van der Waals surface area contributed by atoms with Gasteiger partial charge in [0.15, 0.2) is 0 Å². The summed E-state index contributed by atoms with van der Waals surface area (Å²) in [5.41, 5.74) is 0.684. The number of rotatable bonds is 1. The molecule has 0 spiro atoms. The molecule has 1 N–H and O–H groups in total. The molecule has 1 rings (SSSR count). The van der Waals surface area contributed by atoms with Crippen LogP contribution in [0.3, 0.4) is 0 Å². The van der Waals surface area contributed by atoms with Gasteiger partial charge < -0.3 is 12.5 Å². The topological polar surface area (TPSA) is 33.1 Å². The predicted octanol–water partition coefficient (Wildman–Crippen LogP) is 1.85. The number of pyridine rings is 1. The molecule has 0 radical (unpaired) electrons. The normalized spacial score (nSPS) is 6.58. The Morgan fingerprint density at radius 2 is 2.08 bits per heavy atom. The Bertz CT molecular complexity index is 156. The quantitative estimate of drug-likeness (QED) is 0.794. The molecule has 0 amide bonds. The summed E-state index contributed by atoms with van der Waals surface area (Å²) in [6.45, 7) is 4.01. The maximum absolute atomic E-state index is 8.46. The van der Waals surface area contributed by atoms with E-state index in [4.69, 9.17) is 5.11 Å². The molecule has 0 aliphatic heterocycles. The first-order chi connectivity index (χ1) is 4.93. The number of hydrogen-bond acceptors (Lipinski definition) is 2. The number of aliphatic hydroxyl groups excluding tert-OH is 1. The van der Waals surface area contributed by atoms with Gasteiger partial charge in [-0.2, -0.15) is 6.07 Å². The maximum atomic E-state index is 8.46. The second kappa shape index (κ2) is 13.4. The van der Waals surface area contributed by atoms with E-state index in [0.717, 1.165) is 0 Å². The van der Waals surface area contributed by atoms with Crippen molar-refractivity contribution < 1.29 is 26.2 Å². The van der Waals surface area contributed by atoms with Gasteiger partial charge in [0.25, 0.3) is 0 Å². The molecule has 68 valence electrons. The molecule has 0 aliphatic carbocycles. The molecule has 2 nitrogen and oxygen atoms in total. The molecule has 0 bridgehead atoms. The van der Waals surface area contributed by atoms with Gasteiger partial charge in [0.1, 0.15) is 0 Å². The minimum atomic E-state index is 0. The van der Waals surface area contributed by atoms with Crippen molar-refractivity contribution in [3.63, 3.8) is 0 Å². The third-order valence-electron chi connectivity index (χ3n) is 0.839. The van der Waals surface area contributed by atoms with Crippen LogP contribution in [0.15, 0.2) is 18.3 Å². The standard InChI is InChI=1S/C6H6NO.C2H6.CH3.W/c8-5-6-3-1-2-4-7-6;1-2;;/h1,3-4,8H,5H2;1-2H3;1H3;/q-1;;-1;+2. The second-order valence-corrected chi connectivity index (χ2v) is 1.41. The van der Waals surface area contributed by atoms with Gasteiger partial charge in [-0.1, -0.05) is 20.0 Å². The molecule has 1 aromatic heterocycles. The Kier molecular flexibility index (Phi) is 19.8. The molecule has 1 heterocycles. The van der Waals surface area contributed by atoms with Crippen molar-refractivity contribution in [3.05, 3.63) is 37.5 Å². The minimum Gasteiger partial charge on any atom is -0.392 e. The molecule has 1 aromatic rings. The summed E-state index contributed by atoms with van der Waals surface area (Å²) in [7, 11) is 0. The van der Waals surface area contributed by atoms with Crippen LogP contribution in [-0.4, -0.2) is 10.1 Å². The van der Waals surface area contributed by atoms with Crippen LogP contribution >= 0.6 is 0 Å². The van der Waals surface area contributed by atoms with E-state index < -0.39 is 0 Å². The molecule has 3 heteroatoms. The fourth-order valence-corrected chi connectivity index (χ4v) is 0.444. The molecule has 0 unspecified atom stereocenters. The number of aromatic nitrogens is 1. The fraction of sp³-hybridized carbons (Fsp3) is 0.333. The number of nitrogens with zero attached hydrogens (tertiary/aromatic N) is 1. The van der Waals surface area contributed by atoms with Crippen LogP contribution in [0.4, 0.5) is 0 Å². The Balaban J connectivity index is -0.000000189. The van der Waals surface area contributed by atoms with Gasteiger partial charge in [0, 0.05) is 0 Å².